The Morgan fingerprint density at radius 2 is 2.05 bits per heavy atom. The predicted molar refractivity (Wildman–Crippen MR) is 83.8 cm³/mol. The van der Waals surface area contributed by atoms with Crippen molar-refractivity contribution in [1.82, 2.24) is 4.90 Å². The van der Waals surface area contributed by atoms with Crippen LogP contribution in [-0.4, -0.2) is 36.5 Å². The van der Waals surface area contributed by atoms with Crippen LogP contribution in [-0.2, 0) is 9.53 Å². The molecule has 1 fully saturated rings. The summed E-state index contributed by atoms with van der Waals surface area (Å²) in [7, 11) is 0. The van der Waals surface area contributed by atoms with Crippen molar-refractivity contribution in [2.24, 2.45) is 5.92 Å². The van der Waals surface area contributed by atoms with E-state index >= 15 is 0 Å². The lowest BCUT2D eigenvalue weighted by Gasteiger charge is -2.31. The second-order valence-corrected chi connectivity index (χ2v) is 5.91. The van der Waals surface area contributed by atoms with Crippen molar-refractivity contribution < 1.29 is 14.3 Å². The monoisotopic (exact) mass is 354 g/mol. The Labute approximate surface area is 132 Å². The van der Waals surface area contributed by atoms with E-state index in [-0.39, 0.29) is 17.8 Å². The molecule has 0 bridgehead atoms. The number of hydrogen-bond acceptors (Lipinski definition) is 4. The molecule has 1 saturated heterocycles. The van der Waals surface area contributed by atoms with Crippen LogP contribution in [0.1, 0.15) is 30.1 Å². The molecule has 2 N–H and O–H groups in total. The van der Waals surface area contributed by atoms with Crippen molar-refractivity contribution in [2.75, 3.05) is 25.4 Å². The molecule has 0 atom stereocenters. The Morgan fingerprint density at radius 3 is 2.62 bits per heavy atom. The highest BCUT2D eigenvalue weighted by molar-refractivity contribution is 9.10. The summed E-state index contributed by atoms with van der Waals surface area (Å²) in [5.41, 5.74) is 6.92. The minimum Gasteiger partial charge on any atom is -0.466 e. The van der Waals surface area contributed by atoms with Gasteiger partial charge in [0, 0.05) is 28.8 Å². The Balaban J connectivity index is 1.97. The maximum absolute atomic E-state index is 12.4. The average molecular weight is 355 g/mol. The molecule has 0 unspecified atom stereocenters. The first kappa shape index (κ1) is 15.8. The summed E-state index contributed by atoms with van der Waals surface area (Å²) in [5.74, 6) is -0.294. The van der Waals surface area contributed by atoms with E-state index in [1.54, 1.807) is 30.0 Å². The van der Waals surface area contributed by atoms with E-state index in [1.165, 1.54) is 0 Å². The van der Waals surface area contributed by atoms with Gasteiger partial charge in [-0.15, -0.1) is 0 Å². The van der Waals surface area contributed by atoms with Crippen LogP contribution in [0.25, 0.3) is 0 Å². The number of hydrogen-bond donors (Lipinski definition) is 1. The molecular formula is C15H19BrN2O3. The first-order valence-electron chi connectivity index (χ1n) is 7.04. The number of carbonyl (C=O) groups excluding carboxylic acids is 2. The van der Waals surface area contributed by atoms with Crippen LogP contribution in [0, 0.1) is 5.92 Å². The Bertz CT molecular complexity index is 540. The molecule has 1 aliphatic heterocycles. The number of carbonyl (C=O) groups is 2. The van der Waals surface area contributed by atoms with Crippen molar-refractivity contribution in [1.29, 1.82) is 0 Å². The van der Waals surface area contributed by atoms with Gasteiger partial charge in [-0.25, -0.2) is 0 Å². The van der Waals surface area contributed by atoms with Crippen LogP contribution in [0.4, 0.5) is 5.69 Å². The second kappa shape index (κ2) is 6.93. The summed E-state index contributed by atoms with van der Waals surface area (Å²) in [4.78, 5) is 25.8. The smallest absolute Gasteiger partial charge is 0.309 e. The van der Waals surface area contributed by atoms with Crippen LogP contribution >= 0.6 is 15.9 Å². The molecule has 5 nitrogen and oxygen atoms in total. The van der Waals surface area contributed by atoms with Gasteiger partial charge >= 0.3 is 5.97 Å². The third-order valence-corrected chi connectivity index (χ3v) is 4.37. The molecule has 1 aliphatic rings. The van der Waals surface area contributed by atoms with Crippen molar-refractivity contribution in [3.63, 3.8) is 0 Å². The number of esters is 1. The van der Waals surface area contributed by atoms with Crippen molar-refractivity contribution in [3.05, 3.63) is 28.2 Å². The maximum Gasteiger partial charge on any atom is 0.309 e. The zero-order valence-corrected chi connectivity index (χ0v) is 13.6. The van der Waals surface area contributed by atoms with E-state index in [0.717, 1.165) is 4.47 Å². The van der Waals surface area contributed by atoms with Gasteiger partial charge < -0.3 is 15.4 Å². The van der Waals surface area contributed by atoms with E-state index in [2.05, 4.69) is 15.9 Å². The fourth-order valence-corrected chi connectivity index (χ4v) is 2.68. The average Bonchev–Trinajstić information content (AvgIpc) is 2.50. The molecule has 1 heterocycles. The van der Waals surface area contributed by atoms with Crippen LogP contribution in [0.15, 0.2) is 22.7 Å². The molecular weight excluding hydrogens is 336 g/mol. The molecule has 1 amide bonds. The molecule has 0 aromatic heterocycles. The van der Waals surface area contributed by atoms with Gasteiger partial charge in [-0.2, -0.15) is 0 Å². The van der Waals surface area contributed by atoms with E-state index in [1.807, 2.05) is 0 Å². The SMILES string of the molecule is CCOC(=O)C1CCN(C(=O)c2ccc(Br)c(N)c2)CC1. The number of halogens is 1. The number of amides is 1. The minimum absolute atomic E-state index is 0.0449. The van der Waals surface area contributed by atoms with Crippen LogP contribution in [0.5, 0.6) is 0 Å². The number of nitrogens with zero attached hydrogens (tertiary/aromatic N) is 1. The molecule has 21 heavy (non-hydrogen) atoms. The van der Waals surface area contributed by atoms with E-state index in [9.17, 15) is 9.59 Å². The second-order valence-electron chi connectivity index (χ2n) is 5.05. The normalized spacial score (nSPS) is 15.8. The molecule has 114 valence electrons. The van der Waals surface area contributed by atoms with Crippen LogP contribution in [0.2, 0.25) is 0 Å². The van der Waals surface area contributed by atoms with Gasteiger partial charge in [0.25, 0.3) is 5.91 Å². The van der Waals surface area contributed by atoms with Gasteiger partial charge in [-0.1, -0.05) is 0 Å². The van der Waals surface area contributed by atoms with E-state index in [4.69, 9.17) is 10.5 Å². The Hall–Kier alpha value is -1.56. The van der Waals surface area contributed by atoms with Crippen molar-refractivity contribution in [2.45, 2.75) is 19.8 Å². The highest BCUT2D eigenvalue weighted by Crippen LogP contribution is 2.24. The maximum atomic E-state index is 12.4. The zero-order chi connectivity index (χ0) is 15.4. The molecule has 6 heteroatoms. The molecule has 1 aromatic rings. The Morgan fingerprint density at radius 1 is 1.38 bits per heavy atom. The number of piperidine rings is 1. The quantitative estimate of drug-likeness (QED) is 0.668. The number of anilines is 1. The van der Waals surface area contributed by atoms with Crippen LogP contribution < -0.4 is 5.73 Å². The first-order valence-corrected chi connectivity index (χ1v) is 7.83. The lowest BCUT2D eigenvalue weighted by Crippen LogP contribution is -2.40. The molecule has 0 saturated carbocycles. The fourth-order valence-electron chi connectivity index (χ4n) is 2.44. The van der Waals surface area contributed by atoms with Crippen molar-refractivity contribution in [3.8, 4) is 0 Å². The number of rotatable bonds is 3. The van der Waals surface area contributed by atoms with Gasteiger partial charge in [0.05, 0.1) is 12.5 Å². The standard InChI is InChI=1S/C15H19BrN2O3/c1-2-21-15(20)10-5-7-18(8-6-10)14(19)11-3-4-12(16)13(17)9-11/h3-4,9-10H,2,5-8,17H2,1H3. The summed E-state index contributed by atoms with van der Waals surface area (Å²) in [6.45, 7) is 3.33. The highest BCUT2D eigenvalue weighted by Gasteiger charge is 2.28. The topological polar surface area (TPSA) is 72.6 Å². The van der Waals surface area contributed by atoms with Gasteiger partial charge in [0.15, 0.2) is 0 Å². The largest absolute Gasteiger partial charge is 0.466 e. The molecule has 0 aliphatic carbocycles. The summed E-state index contributed by atoms with van der Waals surface area (Å²) in [6, 6.07) is 5.19. The lowest BCUT2D eigenvalue weighted by atomic mass is 9.96. The number of nitrogens with two attached hydrogens (primary N) is 1. The fraction of sp³-hybridized carbons (Fsp3) is 0.467. The number of likely N-dealkylation sites (tertiary alicyclic amines) is 1. The van der Waals surface area contributed by atoms with Gasteiger partial charge in [0.2, 0.25) is 0 Å². The van der Waals surface area contributed by atoms with Gasteiger partial charge in [-0.05, 0) is 53.9 Å². The van der Waals surface area contributed by atoms with E-state index in [0.29, 0.717) is 43.8 Å². The number of benzene rings is 1. The number of nitrogen functional groups attached to an aromatic ring is 1. The summed E-state index contributed by atoms with van der Waals surface area (Å²) >= 11 is 3.31. The molecule has 0 radical (unpaired) electrons. The van der Waals surface area contributed by atoms with Crippen molar-refractivity contribution >= 4 is 33.5 Å². The molecule has 0 spiro atoms. The first-order chi connectivity index (χ1) is 10.0. The zero-order valence-electron chi connectivity index (χ0n) is 12.0. The summed E-state index contributed by atoms with van der Waals surface area (Å²) in [6.07, 6.45) is 1.30. The van der Waals surface area contributed by atoms with Crippen LogP contribution in [0.3, 0.4) is 0 Å². The summed E-state index contributed by atoms with van der Waals surface area (Å²) in [5, 5.41) is 0. The van der Waals surface area contributed by atoms with Gasteiger partial charge in [-0.3, -0.25) is 9.59 Å². The minimum atomic E-state index is -0.155. The summed E-state index contributed by atoms with van der Waals surface area (Å²) < 4.78 is 5.80. The van der Waals surface area contributed by atoms with Gasteiger partial charge in [0.1, 0.15) is 0 Å². The van der Waals surface area contributed by atoms with E-state index < -0.39 is 0 Å². The lowest BCUT2D eigenvalue weighted by molar-refractivity contribution is -0.149. The Kier molecular flexibility index (Phi) is 5.22. The molecule has 2 rings (SSSR count). The third kappa shape index (κ3) is 3.75. The number of ether oxygens (including phenoxy) is 1. The molecule has 1 aromatic carbocycles. The third-order valence-electron chi connectivity index (χ3n) is 3.65. The predicted octanol–water partition coefficient (Wildman–Crippen LogP) is 2.45. The highest BCUT2D eigenvalue weighted by atomic mass is 79.9.